The van der Waals surface area contributed by atoms with Gasteiger partial charge >= 0.3 is 0 Å². The van der Waals surface area contributed by atoms with Gasteiger partial charge in [-0.05, 0) is 35.3 Å². The molecule has 1 amide bonds. The fraction of sp³-hybridized carbons (Fsp3) is 0.333. The molecular weight excluding hydrogens is 322 g/mol. The number of fused-ring (bicyclic) bond motifs is 1. The lowest BCUT2D eigenvalue weighted by Crippen LogP contribution is -2.25. The van der Waals surface area contributed by atoms with E-state index >= 15 is 0 Å². The minimum absolute atomic E-state index is 0.0206. The summed E-state index contributed by atoms with van der Waals surface area (Å²) in [6.45, 7) is 0.572. The van der Waals surface area contributed by atoms with Gasteiger partial charge < -0.3 is 24.3 Å². The maximum absolute atomic E-state index is 12.0. The first-order valence-corrected chi connectivity index (χ1v) is 8.10. The molecule has 0 spiro atoms. The summed E-state index contributed by atoms with van der Waals surface area (Å²) >= 11 is 0. The lowest BCUT2D eigenvalue weighted by Gasteiger charge is -2.05. The van der Waals surface area contributed by atoms with Crippen LogP contribution in [0.4, 0.5) is 0 Å². The molecule has 7 heteroatoms. The first kappa shape index (κ1) is 16.9. The normalized spacial score (nSPS) is 10.8. The second-order valence-electron chi connectivity index (χ2n) is 5.66. The van der Waals surface area contributed by atoms with E-state index in [9.17, 15) is 4.79 Å². The quantitative estimate of drug-likeness (QED) is 0.656. The molecule has 0 aliphatic heterocycles. The number of hydrogen-bond donors (Lipinski definition) is 2. The third-order valence-electron chi connectivity index (χ3n) is 4.04. The van der Waals surface area contributed by atoms with Crippen LogP contribution in [0.3, 0.4) is 0 Å². The van der Waals surface area contributed by atoms with E-state index in [0.29, 0.717) is 31.0 Å². The molecule has 0 unspecified atom stereocenters. The van der Waals surface area contributed by atoms with E-state index in [0.717, 1.165) is 28.6 Å². The van der Waals surface area contributed by atoms with Gasteiger partial charge in [0.2, 0.25) is 5.91 Å². The SMILES string of the molecule is COc1ccc2[nH]cc(CCNC(=O)CCc3cc(OC)no3)c2c1. The number of benzene rings is 1. The first-order chi connectivity index (χ1) is 12.2. The number of H-pyrrole nitrogens is 1. The Morgan fingerprint density at radius 2 is 2.12 bits per heavy atom. The van der Waals surface area contributed by atoms with Crippen LogP contribution in [0, 0.1) is 0 Å². The van der Waals surface area contributed by atoms with E-state index < -0.39 is 0 Å². The monoisotopic (exact) mass is 343 g/mol. The van der Waals surface area contributed by atoms with Gasteiger partial charge in [0.1, 0.15) is 11.5 Å². The van der Waals surface area contributed by atoms with Gasteiger partial charge in [-0.1, -0.05) is 0 Å². The summed E-state index contributed by atoms with van der Waals surface area (Å²) in [4.78, 5) is 15.2. The molecule has 7 nitrogen and oxygen atoms in total. The van der Waals surface area contributed by atoms with Crippen molar-refractivity contribution in [2.75, 3.05) is 20.8 Å². The molecule has 2 N–H and O–H groups in total. The third-order valence-corrected chi connectivity index (χ3v) is 4.04. The summed E-state index contributed by atoms with van der Waals surface area (Å²) in [5.41, 5.74) is 2.20. The number of aromatic nitrogens is 2. The van der Waals surface area contributed by atoms with Gasteiger partial charge in [-0.15, -0.1) is 0 Å². The molecule has 3 aromatic rings. The van der Waals surface area contributed by atoms with Crippen molar-refractivity contribution in [3.8, 4) is 11.6 Å². The molecule has 0 fully saturated rings. The maximum atomic E-state index is 12.0. The molecule has 25 heavy (non-hydrogen) atoms. The van der Waals surface area contributed by atoms with E-state index in [2.05, 4.69) is 15.5 Å². The largest absolute Gasteiger partial charge is 0.497 e. The Labute approximate surface area is 145 Å². The lowest BCUT2D eigenvalue weighted by atomic mass is 10.1. The zero-order valence-corrected chi connectivity index (χ0v) is 14.3. The molecule has 0 atom stereocenters. The van der Waals surface area contributed by atoms with Crippen molar-refractivity contribution < 1.29 is 18.8 Å². The third kappa shape index (κ3) is 4.12. The van der Waals surface area contributed by atoms with Crippen LogP contribution in [0.5, 0.6) is 11.6 Å². The number of rotatable bonds is 8. The Morgan fingerprint density at radius 1 is 1.24 bits per heavy atom. The predicted octanol–water partition coefficient (Wildman–Crippen LogP) is 2.46. The number of hydrogen-bond acceptors (Lipinski definition) is 5. The van der Waals surface area contributed by atoms with Crippen LogP contribution in [-0.4, -0.2) is 36.8 Å². The fourth-order valence-electron chi connectivity index (χ4n) is 2.66. The highest BCUT2D eigenvalue weighted by Crippen LogP contribution is 2.23. The topological polar surface area (TPSA) is 89.4 Å². The highest BCUT2D eigenvalue weighted by Gasteiger charge is 2.09. The number of aromatic amines is 1. The van der Waals surface area contributed by atoms with Gasteiger partial charge in [-0.2, -0.15) is 0 Å². The second kappa shape index (κ2) is 7.74. The number of carbonyl (C=O) groups excluding carboxylic acids is 1. The standard InChI is InChI=1S/C18H21N3O4/c1-23-13-3-5-16-15(9-13)12(11-20-16)7-8-19-17(22)6-4-14-10-18(24-2)21-25-14/h3,5,9-11,20H,4,6-8H2,1-2H3,(H,19,22). The summed E-state index contributed by atoms with van der Waals surface area (Å²) in [7, 11) is 3.17. The fourth-order valence-corrected chi connectivity index (χ4v) is 2.66. The average molecular weight is 343 g/mol. The molecule has 0 aliphatic rings. The van der Waals surface area contributed by atoms with E-state index in [1.807, 2.05) is 24.4 Å². The van der Waals surface area contributed by atoms with Crippen molar-refractivity contribution in [1.29, 1.82) is 0 Å². The molecule has 0 bridgehead atoms. The number of nitrogens with one attached hydrogen (secondary N) is 2. The number of amides is 1. The minimum Gasteiger partial charge on any atom is -0.497 e. The Hall–Kier alpha value is -2.96. The number of carbonyl (C=O) groups is 1. The van der Waals surface area contributed by atoms with E-state index in [4.69, 9.17) is 14.0 Å². The summed E-state index contributed by atoms with van der Waals surface area (Å²) in [6.07, 6.45) is 3.55. The second-order valence-corrected chi connectivity index (χ2v) is 5.66. The summed E-state index contributed by atoms with van der Waals surface area (Å²) in [6, 6.07) is 7.59. The van der Waals surface area contributed by atoms with Gasteiger partial charge in [-0.25, -0.2) is 0 Å². The highest BCUT2D eigenvalue weighted by atomic mass is 16.5. The summed E-state index contributed by atoms with van der Waals surface area (Å²) < 4.78 is 15.3. The first-order valence-electron chi connectivity index (χ1n) is 8.10. The smallest absolute Gasteiger partial charge is 0.254 e. The summed E-state index contributed by atoms with van der Waals surface area (Å²) in [5, 5.41) is 7.75. The number of aryl methyl sites for hydroxylation is 1. The average Bonchev–Trinajstić information content (AvgIpc) is 3.26. The van der Waals surface area contributed by atoms with Crippen molar-refractivity contribution in [3.63, 3.8) is 0 Å². The van der Waals surface area contributed by atoms with E-state index in [-0.39, 0.29) is 5.91 Å². The van der Waals surface area contributed by atoms with Crippen molar-refractivity contribution in [1.82, 2.24) is 15.5 Å². The predicted molar refractivity (Wildman–Crippen MR) is 92.9 cm³/mol. The van der Waals surface area contributed by atoms with E-state index in [1.54, 1.807) is 13.2 Å². The van der Waals surface area contributed by atoms with Crippen LogP contribution in [0.15, 0.2) is 35.0 Å². The minimum atomic E-state index is -0.0206. The number of methoxy groups -OCH3 is 2. The molecule has 1 aromatic carbocycles. The van der Waals surface area contributed by atoms with Crippen LogP contribution < -0.4 is 14.8 Å². The van der Waals surface area contributed by atoms with Crippen LogP contribution in [0.1, 0.15) is 17.7 Å². The Kier molecular flexibility index (Phi) is 5.23. The Morgan fingerprint density at radius 3 is 2.88 bits per heavy atom. The van der Waals surface area contributed by atoms with Gasteiger partial charge in [0.05, 0.1) is 14.2 Å². The molecule has 0 saturated carbocycles. The molecule has 132 valence electrons. The Balaban J connectivity index is 1.48. The van der Waals surface area contributed by atoms with Crippen molar-refractivity contribution in [3.05, 3.63) is 41.8 Å². The van der Waals surface area contributed by atoms with Crippen molar-refractivity contribution in [2.45, 2.75) is 19.3 Å². The molecular formula is C18H21N3O4. The van der Waals surface area contributed by atoms with E-state index in [1.165, 1.54) is 7.11 Å². The highest BCUT2D eigenvalue weighted by molar-refractivity contribution is 5.84. The molecule has 3 rings (SSSR count). The molecule has 0 saturated heterocycles. The maximum Gasteiger partial charge on any atom is 0.254 e. The van der Waals surface area contributed by atoms with Gasteiger partial charge in [0.15, 0.2) is 0 Å². The zero-order valence-electron chi connectivity index (χ0n) is 14.3. The number of ether oxygens (including phenoxy) is 2. The van der Waals surface area contributed by atoms with Gasteiger partial charge in [-0.3, -0.25) is 4.79 Å². The molecule has 2 heterocycles. The molecule has 0 radical (unpaired) electrons. The van der Waals surface area contributed by atoms with Gasteiger partial charge in [0, 0.05) is 42.6 Å². The van der Waals surface area contributed by atoms with Crippen LogP contribution in [0.2, 0.25) is 0 Å². The lowest BCUT2D eigenvalue weighted by molar-refractivity contribution is -0.121. The summed E-state index contributed by atoms with van der Waals surface area (Å²) in [5.74, 6) is 1.86. The van der Waals surface area contributed by atoms with Crippen molar-refractivity contribution >= 4 is 16.8 Å². The zero-order chi connectivity index (χ0) is 17.6. The molecule has 0 aliphatic carbocycles. The van der Waals surface area contributed by atoms with Crippen LogP contribution >= 0.6 is 0 Å². The van der Waals surface area contributed by atoms with Gasteiger partial charge in [0.25, 0.3) is 5.88 Å². The number of nitrogens with zero attached hydrogens (tertiary/aromatic N) is 1. The molecule has 2 aromatic heterocycles. The van der Waals surface area contributed by atoms with Crippen LogP contribution in [0.25, 0.3) is 10.9 Å². The van der Waals surface area contributed by atoms with Crippen molar-refractivity contribution in [2.24, 2.45) is 0 Å². The Bertz CT molecular complexity index is 853. The van der Waals surface area contributed by atoms with Crippen LogP contribution in [-0.2, 0) is 17.6 Å².